The number of nitrogens with zero attached hydrogens (tertiary/aromatic N) is 5. The predicted octanol–water partition coefficient (Wildman–Crippen LogP) is 2.89. The number of cyclic esters (lactones) is 1. The molecule has 14 heteroatoms. The smallest absolute Gasteiger partial charge is 0.414 e. The summed E-state index contributed by atoms with van der Waals surface area (Å²) in [6, 6.07) is 4.38. The Morgan fingerprint density at radius 1 is 1.14 bits per heavy atom. The van der Waals surface area contributed by atoms with Crippen LogP contribution in [0, 0.1) is 5.82 Å². The van der Waals surface area contributed by atoms with Gasteiger partial charge in [-0.25, -0.2) is 19.2 Å². The molecule has 0 saturated carbocycles. The molecular weight excluding hydrogens is 538 g/mol. The molecule has 1 unspecified atom stereocenters. The number of rotatable bonds is 6. The largest absolute Gasteiger partial charge is 0.444 e. The van der Waals surface area contributed by atoms with E-state index in [9.17, 15) is 18.8 Å². The van der Waals surface area contributed by atoms with Crippen molar-refractivity contribution in [2.24, 2.45) is 5.73 Å². The molecule has 1 aromatic heterocycles. The SMILES string of the molecule is NC(=O)CCC1CN(c2ccc(-c3cnc(N4CCN(C(=O)C(Cl)(Cl)Cl)CC4)nc3)c(F)c2)C(=O)O1. The number of amides is 3. The van der Waals surface area contributed by atoms with Crippen molar-refractivity contribution in [3.63, 3.8) is 0 Å². The molecular formula is C22H22Cl3FN6O4. The lowest BCUT2D eigenvalue weighted by Crippen LogP contribution is -2.52. The summed E-state index contributed by atoms with van der Waals surface area (Å²) in [5.41, 5.74) is 6.20. The fourth-order valence-electron chi connectivity index (χ4n) is 4.00. The Balaban J connectivity index is 1.40. The number of carbonyl (C=O) groups is 3. The minimum Gasteiger partial charge on any atom is -0.444 e. The molecule has 36 heavy (non-hydrogen) atoms. The number of piperazine rings is 1. The van der Waals surface area contributed by atoms with Gasteiger partial charge in [0.25, 0.3) is 9.70 Å². The summed E-state index contributed by atoms with van der Waals surface area (Å²) in [6.45, 7) is 1.78. The number of hydrogen-bond acceptors (Lipinski definition) is 7. The fraction of sp³-hybridized carbons (Fsp3) is 0.409. The number of primary amides is 1. The topological polar surface area (TPSA) is 122 Å². The van der Waals surface area contributed by atoms with E-state index in [1.807, 2.05) is 4.90 Å². The van der Waals surface area contributed by atoms with Crippen LogP contribution in [-0.2, 0) is 14.3 Å². The first-order valence-corrected chi connectivity index (χ1v) is 12.2. The molecule has 2 aliphatic heterocycles. The summed E-state index contributed by atoms with van der Waals surface area (Å²) in [5, 5.41) is 0. The van der Waals surface area contributed by atoms with Gasteiger partial charge >= 0.3 is 6.09 Å². The number of nitrogens with two attached hydrogens (primary N) is 1. The number of halogens is 4. The first-order chi connectivity index (χ1) is 17.0. The van der Waals surface area contributed by atoms with Gasteiger partial charge in [0.2, 0.25) is 11.9 Å². The summed E-state index contributed by atoms with van der Waals surface area (Å²) >= 11 is 17.0. The van der Waals surface area contributed by atoms with E-state index in [0.29, 0.717) is 49.8 Å². The molecule has 4 rings (SSSR count). The fourth-order valence-corrected chi connectivity index (χ4v) is 4.36. The van der Waals surface area contributed by atoms with Gasteiger partial charge in [-0.1, -0.05) is 34.8 Å². The highest BCUT2D eigenvalue weighted by Gasteiger charge is 2.37. The molecule has 192 valence electrons. The average Bonchev–Trinajstić information content (AvgIpc) is 3.22. The van der Waals surface area contributed by atoms with Crippen LogP contribution in [0.1, 0.15) is 12.8 Å². The molecule has 0 aliphatic carbocycles. The number of hydrogen-bond donors (Lipinski definition) is 1. The maximum Gasteiger partial charge on any atom is 0.414 e. The predicted molar refractivity (Wildman–Crippen MR) is 133 cm³/mol. The molecule has 2 aromatic rings. The molecule has 3 amide bonds. The van der Waals surface area contributed by atoms with Crippen LogP contribution in [0.15, 0.2) is 30.6 Å². The molecule has 2 aliphatic rings. The summed E-state index contributed by atoms with van der Waals surface area (Å²) < 4.78 is 18.2. The van der Waals surface area contributed by atoms with Crippen molar-refractivity contribution in [1.82, 2.24) is 14.9 Å². The molecule has 0 spiro atoms. The van der Waals surface area contributed by atoms with Crippen molar-refractivity contribution in [1.29, 1.82) is 0 Å². The normalized spacial score (nSPS) is 18.4. The molecule has 10 nitrogen and oxygen atoms in total. The number of benzene rings is 1. The summed E-state index contributed by atoms with van der Waals surface area (Å²) in [6.07, 6.45) is 2.31. The van der Waals surface area contributed by atoms with Crippen LogP contribution in [0.25, 0.3) is 11.1 Å². The lowest BCUT2D eigenvalue weighted by molar-refractivity contribution is -0.130. The maximum atomic E-state index is 15.0. The highest BCUT2D eigenvalue weighted by Crippen LogP contribution is 2.31. The summed E-state index contributed by atoms with van der Waals surface area (Å²) in [5.74, 6) is -1.19. The van der Waals surface area contributed by atoms with Crippen LogP contribution in [0.4, 0.5) is 20.8 Å². The van der Waals surface area contributed by atoms with E-state index in [0.717, 1.165) is 0 Å². The Morgan fingerprint density at radius 2 is 1.81 bits per heavy atom. The molecule has 2 fully saturated rings. The number of alkyl halides is 3. The van der Waals surface area contributed by atoms with Crippen molar-refractivity contribution in [2.45, 2.75) is 22.7 Å². The van der Waals surface area contributed by atoms with Crippen LogP contribution in [0.3, 0.4) is 0 Å². The molecule has 2 N–H and O–H groups in total. The van der Waals surface area contributed by atoms with E-state index < -0.39 is 33.6 Å². The Labute approximate surface area is 221 Å². The van der Waals surface area contributed by atoms with E-state index >= 15 is 0 Å². The lowest BCUT2D eigenvalue weighted by Gasteiger charge is -2.35. The Bertz CT molecular complexity index is 1160. The highest BCUT2D eigenvalue weighted by atomic mass is 35.6. The van der Waals surface area contributed by atoms with Gasteiger partial charge in [0.15, 0.2) is 0 Å². The number of anilines is 2. The van der Waals surface area contributed by atoms with Gasteiger partial charge in [-0.05, 0) is 24.6 Å². The van der Waals surface area contributed by atoms with E-state index in [1.54, 1.807) is 6.07 Å². The van der Waals surface area contributed by atoms with Crippen LogP contribution in [0.5, 0.6) is 0 Å². The average molecular weight is 560 g/mol. The van der Waals surface area contributed by atoms with Crippen molar-refractivity contribution in [3.8, 4) is 11.1 Å². The third-order valence-corrected chi connectivity index (χ3v) is 6.38. The lowest BCUT2D eigenvalue weighted by atomic mass is 10.1. The second kappa shape index (κ2) is 10.6. The third-order valence-electron chi connectivity index (χ3n) is 5.89. The van der Waals surface area contributed by atoms with Gasteiger partial charge in [-0.3, -0.25) is 14.5 Å². The van der Waals surface area contributed by atoms with E-state index in [1.165, 1.54) is 34.3 Å². The Morgan fingerprint density at radius 3 is 2.39 bits per heavy atom. The monoisotopic (exact) mass is 558 g/mol. The summed E-state index contributed by atoms with van der Waals surface area (Å²) in [7, 11) is 0. The van der Waals surface area contributed by atoms with E-state index in [4.69, 9.17) is 45.3 Å². The minimum absolute atomic E-state index is 0.0951. The van der Waals surface area contributed by atoms with Crippen molar-refractivity contribution in [3.05, 3.63) is 36.4 Å². The number of aromatic nitrogens is 2. The quantitative estimate of drug-likeness (QED) is 0.540. The zero-order valence-corrected chi connectivity index (χ0v) is 21.1. The molecule has 3 heterocycles. The zero-order valence-electron chi connectivity index (χ0n) is 18.9. The van der Waals surface area contributed by atoms with Gasteiger partial charge in [0.05, 0.1) is 12.2 Å². The van der Waals surface area contributed by atoms with Crippen molar-refractivity contribution < 1.29 is 23.5 Å². The van der Waals surface area contributed by atoms with Crippen LogP contribution >= 0.6 is 34.8 Å². The van der Waals surface area contributed by atoms with Gasteiger partial charge in [0.1, 0.15) is 11.9 Å². The van der Waals surface area contributed by atoms with Crippen LogP contribution in [-0.4, -0.2) is 75.4 Å². The van der Waals surface area contributed by atoms with E-state index in [2.05, 4.69) is 9.97 Å². The Hall–Kier alpha value is -2.89. The van der Waals surface area contributed by atoms with Crippen molar-refractivity contribution in [2.75, 3.05) is 42.5 Å². The second-order valence-electron chi connectivity index (χ2n) is 8.33. The number of ether oxygens (including phenoxy) is 1. The second-order valence-corrected chi connectivity index (χ2v) is 10.6. The maximum absolute atomic E-state index is 15.0. The van der Waals surface area contributed by atoms with Gasteiger partial charge < -0.3 is 20.3 Å². The molecule has 2 saturated heterocycles. The van der Waals surface area contributed by atoms with Crippen molar-refractivity contribution >= 4 is 64.3 Å². The summed E-state index contributed by atoms with van der Waals surface area (Å²) in [4.78, 5) is 48.6. The number of carbonyl (C=O) groups excluding carboxylic acids is 3. The Kier molecular flexibility index (Phi) is 7.72. The highest BCUT2D eigenvalue weighted by molar-refractivity contribution is 6.76. The first kappa shape index (κ1) is 26.2. The standard InChI is InChI=1S/C22H22Cl3FN6O4/c23-22(24,25)19(34)30-5-7-31(8-6-30)20-28-10-13(11-29-20)16-3-1-14(9-17(16)26)32-12-15(36-21(32)35)2-4-18(27)33/h1,3,9-11,15H,2,4-8,12H2,(H2,27,33). The minimum atomic E-state index is -2.00. The molecule has 1 aromatic carbocycles. The van der Waals surface area contributed by atoms with Gasteiger partial charge in [-0.2, -0.15) is 0 Å². The van der Waals surface area contributed by atoms with Gasteiger partial charge in [-0.15, -0.1) is 0 Å². The first-order valence-electron chi connectivity index (χ1n) is 11.0. The van der Waals surface area contributed by atoms with E-state index in [-0.39, 0.29) is 18.5 Å². The third kappa shape index (κ3) is 5.91. The van der Waals surface area contributed by atoms with Crippen LogP contribution < -0.4 is 15.5 Å². The zero-order chi connectivity index (χ0) is 26.0. The molecule has 0 bridgehead atoms. The molecule has 0 radical (unpaired) electrons. The van der Waals surface area contributed by atoms with Gasteiger partial charge in [0, 0.05) is 56.1 Å². The molecule has 1 atom stereocenters. The van der Waals surface area contributed by atoms with Crippen LogP contribution in [0.2, 0.25) is 0 Å².